The van der Waals surface area contributed by atoms with Crippen LogP contribution in [0.5, 0.6) is 11.5 Å². The fourth-order valence-electron chi connectivity index (χ4n) is 2.17. The van der Waals surface area contributed by atoms with E-state index in [-0.39, 0.29) is 11.4 Å². The van der Waals surface area contributed by atoms with Crippen molar-refractivity contribution in [3.05, 3.63) is 48.5 Å². The highest BCUT2D eigenvalue weighted by Crippen LogP contribution is 2.29. The number of carbonyl (C=O) groups excluding carboxylic acids is 1. The van der Waals surface area contributed by atoms with Gasteiger partial charge in [-0.2, -0.15) is 4.31 Å². The van der Waals surface area contributed by atoms with Crippen LogP contribution in [0.15, 0.2) is 53.4 Å². The monoisotopic (exact) mass is 364 g/mol. The van der Waals surface area contributed by atoms with Gasteiger partial charge in [-0.1, -0.05) is 18.2 Å². The van der Waals surface area contributed by atoms with Crippen LogP contribution >= 0.6 is 0 Å². The van der Waals surface area contributed by atoms with Crippen molar-refractivity contribution in [2.24, 2.45) is 0 Å². The van der Waals surface area contributed by atoms with E-state index in [1.807, 2.05) is 0 Å². The van der Waals surface area contributed by atoms with Gasteiger partial charge in [0, 0.05) is 18.8 Å². The summed E-state index contributed by atoms with van der Waals surface area (Å²) in [6, 6.07) is 12.8. The third kappa shape index (κ3) is 4.49. The zero-order valence-corrected chi connectivity index (χ0v) is 15.0. The van der Waals surface area contributed by atoms with E-state index in [1.54, 1.807) is 36.4 Å². The topological polar surface area (TPSA) is 84.9 Å². The van der Waals surface area contributed by atoms with Crippen molar-refractivity contribution < 1.29 is 22.7 Å². The quantitative estimate of drug-likeness (QED) is 0.812. The Balaban J connectivity index is 2.07. The lowest BCUT2D eigenvalue weighted by atomic mass is 10.2. The molecule has 0 fully saturated rings. The number of sulfonamides is 1. The van der Waals surface area contributed by atoms with E-state index in [0.29, 0.717) is 17.2 Å². The minimum Gasteiger partial charge on any atom is -0.493 e. The highest BCUT2D eigenvalue weighted by molar-refractivity contribution is 7.89. The highest BCUT2D eigenvalue weighted by Gasteiger charge is 2.22. The van der Waals surface area contributed by atoms with Crippen LogP contribution in [-0.4, -0.2) is 46.4 Å². The molecular formula is C17H20N2O5S. The molecule has 0 radical (unpaired) electrons. The summed E-state index contributed by atoms with van der Waals surface area (Å²) in [5.41, 5.74) is 0.480. The normalized spacial score (nSPS) is 11.2. The molecule has 0 aromatic heterocycles. The van der Waals surface area contributed by atoms with Crippen molar-refractivity contribution in [2.45, 2.75) is 4.90 Å². The molecular weight excluding hydrogens is 344 g/mol. The van der Waals surface area contributed by atoms with Crippen LogP contribution in [0.3, 0.4) is 0 Å². The van der Waals surface area contributed by atoms with E-state index >= 15 is 0 Å². The number of ether oxygens (including phenoxy) is 2. The third-order valence-corrected chi connectivity index (χ3v) is 5.30. The molecule has 0 aliphatic rings. The van der Waals surface area contributed by atoms with Gasteiger partial charge in [-0.3, -0.25) is 4.79 Å². The first-order valence-electron chi connectivity index (χ1n) is 7.41. The lowest BCUT2D eigenvalue weighted by Crippen LogP contribution is -2.34. The number of anilines is 1. The second kappa shape index (κ2) is 8.00. The van der Waals surface area contributed by atoms with Gasteiger partial charge in [0.25, 0.3) is 0 Å². The van der Waals surface area contributed by atoms with E-state index in [4.69, 9.17) is 9.47 Å². The Bertz CT molecular complexity index is 837. The smallest absolute Gasteiger partial charge is 0.243 e. The van der Waals surface area contributed by atoms with Crippen molar-refractivity contribution in [1.29, 1.82) is 0 Å². The molecule has 2 rings (SSSR count). The number of likely N-dealkylation sites (N-methyl/N-ethyl adjacent to an activating group) is 1. The van der Waals surface area contributed by atoms with Gasteiger partial charge < -0.3 is 14.8 Å². The lowest BCUT2D eigenvalue weighted by Gasteiger charge is -2.17. The largest absolute Gasteiger partial charge is 0.493 e. The molecule has 1 amide bonds. The molecule has 0 unspecified atom stereocenters. The molecule has 2 aromatic rings. The summed E-state index contributed by atoms with van der Waals surface area (Å²) >= 11 is 0. The minimum atomic E-state index is -3.72. The fraction of sp³-hybridized carbons (Fsp3) is 0.235. The van der Waals surface area contributed by atoms with E-state index in [9.17, 15) is 13.2 Å². The Morgan fingerprint density at radius 1 is 1.04 bits per heavy atom. The van der Waals surface area contributed by atoms with Crippen LogP contribution in [-0.2, 0) is 14.8 Å². The maximum absolute atomic E-state index is 12.4. The van der Waals surface area contributed by atoms with Gasteiger partial charge in [-0.15, -0.1) is 0 Å². The van der Waals surface area contributed by atoms with E-state index < -0.39 is 15.9 Å². The predicted octanol–water partition coefficient (Wildman–Crippen LogP) is 1.96. The molecule has 7 nitrogen and oxygen atoms in total. The molecule has 2 aromatic carbocycles. The van der Waals surface area contributed by atoms with Crippen LogP contribution in [0, 0.1) is 0 Å². The number of benzene rings is 2. The number of amides is 1. The van der Waals surface area contributed by atoms with E-state index in [0.717, 1.165) is 4.31 Å². The second-order valence-corrected chi connectivity index (χ2v) is 7.24. The summed E-state index contributed by atoms with van der Waals surface area (Å²) in [6.07, 6.45) is 0. The molecule has 134 valence electrons. The number of hydrogen-bond donors (Lipinski definition) is 1. The van der Waals surface area contributed by atoms with Gasteiger partial charge in [0.15, 0.2) is 11.5 Å². The lowest BCUT2D eigenvalue weighted by molar-refractivity contribution is -0.116. The molecule has 0 saturated carbocycles. The summed E-state index contributed by atoms with van der Waals surface area (Å²) in [4.78, 5) is 12.3. The first-order chi connectivity index (χ1) is 11.9. The molecule has 0 saturated heterocycles. The molecule has 0 atom stereocenters. The number of rotatable bonds is 7. The van der Waals surface area contributed by atoms with Crippen molar-refractivity contribution in [2.75, 3.05) is 33.1 Å². The van der Waals surface area contributed by atoms with Crippen molar-refractivity contribution in [1.82, 2.24) is 4.31 Å². The summed E-state index contributed by atoms with van der Waals surface area (Å²) in [6.45, 7) is -0.314. The molecule has 1 N–H and O–H groups in total. The number of carbonyl (C=O) groups is 1. The van der Waals surface area contributed by atoms with Gasteiger partial charge >= 0.3 is 0 Å². The van der Waals surface area contributed by atoms with Crippen molar-refractivity contribution in [3.8, 4) is 11.5 Å². The van der Waals surface area contributed by atoms with Gasteiger partial charge in [0.1, 0.15) is 0 Å². The SMILES string of the molecule is COc1ccc(NC(=O)CN(C)S(=O)(=O)c2ccccc2)cc1OC. The predicted molar refractivity (Wildman–Crippen MR) is 94.4 cm³/mol. The number of hydrogen-bond acceptors (Lipinski definition) is 5. The number of nitrogens with zero attached hydrogens (tertiary/aromatic N) is 1. The summed E-state index contributed by atoms with van der Waals surface area (Å²) in [7, 11) is 0.639. The second-order valence-electron chi connectivity index (χ2n) is 5.19. The highest BCUT2D eigenvalue weighted by atomic mass is 32.2. The Hall–Kier alpha value is -2.58. The summed E-state index contributed by atoms with van der Waals surface area (Å²) in [5, 5.41) is 2.64. The average molecular weight is 364 g/mol. The van der Waals surface area contributed by atoms with Gasteiger partial charge in [0.2, 0.25) is 15.9 Å². The molecule has 8 heteroatoms. The van der Waals surface area contributed by atoms with E-state index in [1.165, 1.54) is 33.4 Å². The molecule has 0 aliphatic heterocycles. The molecule has 0 heterocycles. The van der Waals surface area contributed by atoms with Crippen LogP contribution in [0.4, 0.5) is 5.69 Å². The van der Waals surface area contributed by atoms with E-state index in [2.05, 4.69) is 5.32 Å². The first-order valence-corrected chi connectivity index (χ1v) is 8.85. The van der Waals surface area contributed by atoms with Crippen LogP contribution < -0.4 is 14.8 Å². The van der Waals surface area contributed by atoms with Gasteiger partial charge in [0.05, 0.1) is 25.7 Å². The zero-order valence-electron chi connectivity index (χ0n) is 14.2. The van der Waals surface area contributed by atoms with Gasteiger partial charge in [-0.05, 0) is 24.3 Å². The number of nitrogens with one attached hydrogen (secondary N) is 1. The van der Waals surface area contributed by atoms with Gasteiger partial charge in [-0.25, -0.2) is 8.42 Å². The van der Waals surface area contributed by atoms with Crippen LogP contribution in [0.1, 0.15) is 0 Å². The Kier molecular flexibility index (Phi) is 6.00. The average Bonchev–Trinajstić information content (AvgIpc) is 2.62. The van der Waals surface area contributed by atoms with Crippen LogP contribution in [0.2, 0.25) is 0 Å². The summed E-state index contributed by atoms with van der Waals surface area (Å²) in [5.74, 6) is 0.532. The van der Waals surface area contributed by atoms with Crippen molar-refractivity contribution >= 4 is 21.6 Å². The number of methoxy groups -OCH3 is 2. The molecule has 25 heavy (non-hydrogen) atoms. The standard InChI is InChI=1S/C17H20N2O5S/c1-19(25(21,22)14-7-5-4-6-8-14)12-17(20)18-13-9-10-15(23-2)16(11-13)24-3/h4-11H,12H2,1-3H3,(H,18,20). The molecule has 0 spiro atoms. The minimum absolute atomic E-state index is 0.136. The Morgan fingerprint density at radius 3 is 2.28 bits per heavy atom. The maximum atomic E-state index is 12.4. The third-order valence-electron chi connectivity index (χ3n) is 3.48. The Labute approximate surface area is 147 Å². The zero-order chi connectivity index (χ0) is 18.4. The summed E-state index contributed by atoms with van der Waals surface area (Å²) < 4.78 is 36.1. The van der Waals surface area contributed by atoms with Crippen LogP contribution in [0.25, 0.3) is 0 Å². The molecule has 0 bridgehead atoms. The maximum Gasteiger partial charge on any atom is 0.243 e. The first kappa shape index (κ1) is 18.8. The fourth-order valence-corrected chi connectivity index (χ4v) is 3.32. The Morgan fingerprint density at radius 2 is 1.68 bits per heavy atom. The molecule has 0 aliphatic carbocycles. The van der Waals surface area contributed by atoms with Crippen molar-refractivity contribution in [3.63, 3.8) is 0 Å².